The lowest BCUT2D eigenvalue weighted by Crippen LogP contribution is -2.43. The largest absolute Gasteiger partial charge is 0.497 e. The van der Waals surface area contributed by atoms with Gasteiger partial charge in [0, 0.05) is 32.6 Å². The van der Waals surface area contributed by atoms with E-state index in [2.05, 4.69) is 5.32 Å². The fourth-order valence-corrected chi connectivity index (χ4v) is 7.06. The summed E-state index contributed by atoms with van der Waals surface area (Å²) in [5, 5.41) is 3.04. The van der Waals surface area contributed by atoms with Gasteiger partial charge in [-0.3, -0.25) is 9.59 Å². The second-order valence-corrected chi connectivity index (χ2v) is 13.1. The van der Waals surface area contributed by atoms with Crippen LogP contribution >= 0.6 is 0 Å². The predicted molar refractivity (Wildman–Crippen MR) is 174 cm³/mol. The number of ether oxygens (including phenoxy) is 1. The van der Waals surface area contributed by atoms with Crippen molar-refractivity contribution in [2.75, 3.05) is 20.2 Å². The molecule has 1 fully saturated rings. The van der Waals surface area contributed by atoms with Crippen molar-refractivity contribution in [3.63, 3.8) is 0 Å². The molecule has 5 rings (SSSR count). The molecule has 1 atom stereocenters. The Labute approximate surface area is 265 Å². The number of amides is 2. The van der Waals surface area contributed by atoms with E-state index >= 15 is 0 Å². The van der Waals surface area contributed by atoms with E-state index in [1.165, 1.54) is 4.31 Å². The first-order valence-electron chi connectivity index (χ1n) is 15.2. The van der Waals surface area contributed by atoms with Crippen molar-refractivity contribution >= 4 is 21.8 Å². The molecule has 234 valence electrons. The second-order valence-electron chi connectivity index (χ2n) is 11.1. The zero-order valence-electron chi connectivity index (χ0n) is 25.5. The lowest BCUT2D eigenvalue weighted by molar-refractivity contribution is -0.141. The zero-order valence-corrected chi connectivity index (χ0v) is 26.3. The summed E-state index contributed by atoms with van der Waals surface area (Å²) in [5.41, 5.74) is 3.37. The van der Waals surface area contributed by atoms with E-state index in [9.17, 15) is 18.0 Å². The van der Waals surface area contributed by atoms with Crippen molar-refractivity contribution in [2.24, 2.45) is 0 Å². The van der Waals surface area contributed by atoms with E-state index in [0.29, 0.717) is 37.4 Å². The van der Waals surface area contributed by atoms with Crippen LogP contribution in [0.25, 0.3) is 0 Å². The van der Waals surface area contributed by atoms with Crippen molar-refractivity contribution in [1.82, 2.24) is 14.5 Å². The van der Waals surface area contributed by atoms with Crippen LogP contribution in [0.4, 0.5) is 0 Å². The topological polar surface area (TPSA) is 96.0 Å². The molecule has 4 aromatic rings. The first-order chi connectivity index (χ1) is 21.8. The van der Waals surface area contributed by atoms with Gasteiger partial charge < -0.3 is 15.0 Å². The zero-order chi connectivity index (χ0) is 31.6. The Kier molecular flexibility index (Phi) is 10.7. The third kappa shape index (κ3) is 8.17. The van der Waals surface area contributed by atoms with Crippen LogP contribution in [0.1, 0.15) is 47.6 Å². The van der Waals surface area contributed by atoms with E-state index in [4.69, 9.17) is 4.74 Å². The Morgan fingerprint density at radius 1 is 0.800 bits per heavy atom. The molecule has 0 unspecified atom stereocenters. The second kappa shape index (κ2) is 15.0. The molecule has 9 heteroatoms. The number of aryl methyl sites for hydroxylation is 1. The summed E-state index contributed by atoms with van der Waals surface area (Å²) in [6.45, 7) is 1.64. The minimum Gasteiger partial charge on any atom is -0.497 e. The van der Waals surface area contributed by atoms with E-state index in [1.807, 2.05) is 84.9 Å². The number of carbonyl (C=O) groups is 2. The smallest absolute Gasteiger partial charge is 0.247 e. The Bertz CT molecular complexity index is 1660. The van der Waals surface area contributed by atoms with E-state index in [-0.39, 0.29) is 29.7 Å². The van der Waals surface area contributed by atoms with Crippen LogP contribution in [0.15, 0.2) is 114 Å². The maximum Gasteiger partial charge on any atom is 0.247 e. The Balaban J connectivity index is 1.38. The summed E-state index contributed by atoms with van der Waals surface area (Å²) in [5.74, 6) is 0.235. The van der Waals surface area contributed by atoms with Crippen LogP contribution < -0.4 is 10.1 Å². The summed E-state index contributed by atoms with van der Waals surface area (Å²) >= 11 is 0. The lowest BCUT2D eigenvalue weighted by atomic mass is 10.0. The van der Waals surface area contributed by atoms with E-state index < -0.39 is 16.1 Å². The van der Waals surface area contributed by atoms with Crippen molar-refractivity contribution < 1.29 is 22.7 Å². The van der Waals surface area contributed by atoms with Crippen LogP contribution in [0, 0.1) is 0 Å². The fourth-order valence-electron chi connectivity index (χ4n) is 5.54. The van der Waals surface area contributed by atoms with Gasteiger partial charge in [0.25, 0.3) is 0 Å². The first kappa shape index (κ1) is 31.9. The molecule has 1 saturated heterocycles. The van der Waals surface area contributed by atoms with Gasteiger partial charge in [-0.1, -0.05) is 84.9 Å². The van der Waals surface area contributed by atoms with Crippen molar-refractivity contribution in [3.8, 4) is 5.75 Å². The van der Waals surface area contributed by atoms with Crippen molar-refractivity contribution in [3.05, 3.63) is 131 Å². The predicted octanol–water partition coefficient (Wildman–Crippen LogP) is 5.50. The Morgan fingerprint density at radius 2 is 1.40 bits per heavy atom. The third-order valence-corrected chi connectivity index (χ3v) is 9.98. The highest BCUT2D eigenvalue weighted by Crippen LogP contribution is 2.27. The van der Waals surface area contributed by atoms with Gasteiger partial charge in [0.05, 0.1) is 12.0 Å². The monoisotopic (exact) mass is 625 g/mol. The van der Waals surface area contributed by atoms with Crippen LogP contribution in [0.5, 0.6) is 5.75 Å². The summed E-state index contributed by atoms with van der Waals surface area (Å²) in [6.07, 6.45) is 2.29. The van der Waals surface area contributed by atoms with Gasteiger partial charge in [-0.2, -0.15) is 4.31 Å². The Hall–Kier alpha value is -4.47. The van der Waals surface area contributed by atoms with Gasteiger partial charge in [-0.05, 0) is 65.8 Å². The maximum atomic E-state index is 14.1. The summed E-state index contributed by atoms with van der Waals surface area (Å²) < 4.78 is 32.7. The molecule has 0 aliphatic carbocycles. The average molecular weight is 626 g/mol. The molecule has 1 heterocycles. The SMILES string of the molecule is COc1ccc(CN(C(=O)CCc2ccc(S(=O)(=O)N3CCCC3)cc2)[C@H](C(=O)NCc2ccccc2)c2ccccc2)cc1. The van der Waals surface area contributed by atoms with Crippen molar-refractivity contribution in [2.45, 2.75) is 49.7 Å². The minimum absolute atomic E-state index is 0.143. The summed E-state index contributed by atoms with van der Waals surface area (Å²) in [4.78, 5) is 29.8. The summed E-state index contributed by atoms with van der Waals surface area (Å²) in [6, 6.07) is 32.3. The number of methoxy groups -OCH3 is 1. The number of nitrogens with one attached hydrogen (secondary N) is 1. The number of nitrogens with zero attached hydrogens (tertiary/aromatic N) is 2. The Morgan fingerprint density at radius 3 is 2.02 bits per heavy atom. The standard InChI is InChI=1S/C36H39N3O5S/c1-44-32-19-14-30(15-20-32)27-39(35(31-12-6-3-7-13-31)36(41)37-26-29-10-4-2-5-11-29)34(40)23-18-28-16-21-33(22-17-28)45(42,43)38-24-8-9-25-38/h2-7,10-17,19-22,35H,8-9,18,23-27H2,1H3,(H,37,41)/t35-/m0/s1. The average Bonchev–Trinajstić information content (AvgIpc) is 3.64. The first-order valence-corrected chi connectivity index (χ1v) is 16.7. The van der Waals surface area contributed by atoms with Gasteiger partial charge in [0.1, 0.15) is 11.8 Å². The van der Waals surface area contributed by atoms with E-state index in [0.717, 1.165) is 29.5 Å². The molecule has 8 nitrogen and oxygen atoms in total. The molecule has 1 N–H and O–H groups in total. The molecule has 0 aromatic heterocycles. The van der Waals surface area contributed by atoms with Crippen LogP contribution in [-0.4, -0.2) is 49.6 Å². The molecule has 2 amide bonds. The fraction of sp³-hybridized carbons (Fsp3) is 0.278. The quantitative estimate of drug-likeness (QED) is 0.212. The highest BCUT2D eigenvalue weighted by atomic mass is 32.2. The normalized spacial score (nSPS) is 14.1. The lowest BCUT2D eigenvalue weighted by Gasteiger charge is -2.32. The molecule has 45 heavy (non-hydrogen) atoms. The molecule has 1 aliphatic heterocycles. The molecule has 0 spiro atoms. The van der Waals surface area contributed by atoms with Crippen molar-refractivity contribution in [1.29, 1.82) is 0 Å². The third-order valence-electron chi connectivity index (χ3n) is 8.07. The summed E-state index contributed by atoms with van der Waals surface area (Å²) in [7, 11) is -1.91. The molecular weight excluding hydrogens is 586 g/mol. The highest BCUT2D eigenvalue weighted by Gasteiger charge is 2.31. The van der Waals surface area contributed by atoms with Crippen LogP contribution in [-0.2, 0) is 39.1 Å². The molecule has 4 aromatic carbocycles. The maximum absolute atomic E-state index is 14.1. The number of sulfonamides is 1. The van der Waals surface area contributed by atoms with Gasteiger partial charge in [-0.15, -0.1) is 0 Å². The van der Waals surface area contributed by atoms with Crippen LogP contribution in [0.3, 0.4) is 0 Å². The van der Waals surface area contributed by atoms with Gasteiger partial charge in [0.2, 0.25) is 21.8 Å². The number of rotatable bonds is 13. The van der Waals surface area contributed by atoms with E-state index in [1.54, 1.807) is 36.3 Å². The molecule has 1 aliphatic rings. The highest BCUT2D eigenvalue weighted by molar-refractivity contribution is 7.89. The number of carbonyl (C=O) groups excluding carboxylic acids is 2. The van der Waals surface area contributed by atoms with Gasteiger partial charge >= 0.3 is 0 Å². The van der Waals surface area contributed by atoms with Gasteiger partial charge in [-0.25, -0.2) is 8.42 Å². The molecule has 0 bridgehead atoms. The number of benzene rings is 4. The minimum atomic E-state index is -3.51. The van der Waals surface area contributed by atoms with Crippen LogP contribution in [0.2, 0.25) is 0 Å². The number of hydrogen-bond donors (Lipinski definition) is 1. The molecular formula is C36H39N3O5S. The molecule has 0 saturated carbocycles. The number of hydrogen-bond acceptors (Lipinski definition) is 5. The molecule has 0 radical (unpaired) electrons. The van der Waals surface area contributed by atoms with Gasteiger partial charge in [0.15, 0.2) is 0 Å².